The highest BCUT2D eigenvalue weighted by Gasteiger charge is 2.33. The van der Waals surface area contributed by atoms with Crippen molar-refractivity contribution in [2.75, 3.05) is 33.3 Å². The van der Waals surface area contributed by atoms with Crippen LogP contribution in [0.4, 0.5) is 13.2 Å². The number of aliphatic hydroxyl groups excluding tert-OH is 1. The summed E-state index contributed by atoms with van der Waals surface area (Å²) in [5.41, 5.74) is -0.871. The summed E-state index contributed by atoms with van der Waals surface area (Å²) in [6.45, 7) is 4.11. The zero-order valence-electron chi connectivity index (χ0n) is 17.3. The second-order valence-corrected chi connectivity index (χ2v) is 9.46. The first kappa shape index (κ1) is 24.7. The van der Waals surface area contributed by atoms with Gasteiger partial charge in [0.2, 0.25) is 10.0 Å². The molecule has 1 N–H and O–H groups in total. The van der Waals surface area contributed by atoms with E-state index in [-0.39, 0.29) is 23.5 Å². The smallest absolute Gasteiger partial charge is 0.395 e. The van der Waals surface area contributed by atoms with Crippen LogP contribution in [0.3, 0.4) is 0 Å². The largest absolute Gasteiger partial charge is 0.416 e. The second-order valence-electron chi connectivity index (χ2n) is 7.46. The van der Waals surface area contributed by atoms with Crippen molar-refractivity contribution >= 4 is 10.0 Å². The lowest BCUT2D eigenvalue weighted by molar-refractivity contribution is -0.137. The van der Waals surface area contributed by atoms with Gasteiger partial charge in [0.05, 0.1) is 23.6 Å². The maximum Gasteiger partial charge on any atom is 0.416 e. The fraction of sp³-hybridized carbons (Fsp3) is 0.619. The number of sulfonamides is 1. The fourth-order valence-corrected chi connectivity index (χ4v) is 4.97. The van der Waals surface area contributed by atoms with Gasteiger partial charge >= 0.3 is 6.18 Å². The van der Waals surface area contributed by atoms with Crippen molar-refractivity contribution in [1.82, 2.24) is 9.21 Å². The van der Waals surface area contributed by atoms with Crippen molar-refractivity contribution in [3.8, 4) is 11.8 Å². The Morgan fingerprint density at radius 1 is 1.13 bits per heavy atom. The molecular formula is C21H29F3N2O3S. The monoisotopic (exact) mass is 446 g/mol. The van der Waals surface area contributed by atoms with E-state index < -0.39 is 21.8 Å². The molecule has 0 spiro atoms. The van der Waals surface area contributed by atoms with Gasteiger partial charge in [-0.3, -0.25) is 4.90 Å². The van der Waals surface area contributed by atoms with Crippen LogP contribution in [0.2, 0.25) is 0 Å². The maximum atomic E-state index is 12.8. The predicted molar refractivity (Wildman–Crippen MR) is 109 cm³/mol. The summed E-state index contributed by atoms with van der Waals surface area (Å²) in [6, 6.07) is 3.42. The average Bonchev–Trinajstić information content (AvgIpc) is 2.72. The molecule has 168 valence electrons. The highest BCUT2D eigenvalue weighted by atomic mass is 32.2. The van der Waals surface area contributed by atoms with Crippen LogP contribution in [0.15, 0.2) is 29.2 Å². The molecule has 0 heterocycles. The summed E-state index contributed by atoms with van der Waals surface area (Å²) >= 11 is 0. The van der Waals surface area contributed by atoms with Crippen LogP contribution in [0, 0.1) is 17.8 Å². The summed E-state index contributed by atoms with van der Waals surface area (Å²) in [7, 11) is -2.37. The molecule has 0 aliphatic heterocycles. The third kappa shape index (κ3) is 6.45. The molecule has 1 aliphatic carbocycles. The van der Waals surface area contributed by atoms with Crippen LogP contribution in [0.1, 0.15) is 38.2 Å². The third-order valence-corrected chi connectivity index (χ3v) is 7.47. The molecule has 1 aromatic rings. The summed E-state index contributed by atoms with van der Waals surface area (Å²) in [4.78, 5) is 1.91. The van der Waals surface area contributed by atoms with E-state index in [2.05, 4.69) is 11.8 Å². The van der Waals surface area contributed by atoms with Crippen LogP contribution >= 0.6 is 0 Å². The maximum absolute atomic E-state index is 12.8. The molecule has 0 saturated heterocycles. The molecule has 1 saturated carbocycles. The zero-order chi connectivity index (χ0) is 22.4. The lowest BCUT2D eigenvalue weighted by Gasteiger charge is -2.32. The second kappa shape index (κ2) is 10.6. The number of likely N-dealkylation sites (N-methyl/N-ethyl adjacent to an activating group) is 1. The van der Waals surface area contributed by atoms with Gasteiger partial charge in [-0.25, -0.2) is 8.42 Å². The number of halogens is 3. The quantitative estimate of drug-likeness (QED) is 0.654. The van der Waals surface area contributed by atoms with Crippen LogP contribution < -0.4 is 0 Å². The minimum absolute atomic E-state index is 0.0976. The number of nitrogens with zero attached hydrogens (tertiary/aromatic N) is 2. The molecule has 2 rings (SSSR count). The van der Waals surface area contributed by atoms with E-state index in [9.17, 15) is 21.6 Å². The summed E-state index contributed by atoms with van der Waals surface area (Å²) in [5.74, 6) is 6.60. The Morgan fingerprint density at radius 2 is 1.73 bits per heavy atom. The van der Waals surface area contributed by atoms with Crippen molar-refractivity contribution in [3.05, 3.63) is 29.8 Å². The molecule has 1 aromatic carbocycles. The average molecular weight is 447 g/mol. The van der Waals surface area contributed by atoms with E-state index in [1.165, 1.54) is 11.4 Å². The Hall–Kier alpha value is -1.60. The number of benzene rings is 1. The van der Waals surface area contributed by atoms with Gasteiger partial charge in [-0.05, 0) is 56.5 Å². The van der Waals surface area contributed by atoms with Crippen molar-refractivity contribution in [2.24, 2.45) is 5.92 Å². The molecule has 0 aromatic heterocycles. The van der Waals surface area contributed by atoms with E-state index in [0.29, 0.717) is 25.9 Å². The van der Waals surface area contributed by atoms with Gasteiger partial charge in [-0.15, -0.1) is 0 Å². The summed E-state index contributed by atoms with van der Waals surface area (Å²) < 4.78 is 65.0. The molecule has 0 amide bonds. The zero-order valence-corrected chi connectivity index (χ0v) is 18.1. The molecule has 30 heavy (non-hydrogen) atoms. The number of alkyl halides is 3. The van der Waals surface area contributed by atoms with E-state index in [1.54, 1.807) is 0 Å². The first-order valence-electron chi connectivity index (χ1n) is 10.1. The molecule has 0 bridgehead atoms. The Bertz CT molecular complexity index is 837. The Balaban J connectivity index is 1.95. The van der Waals surface area contributed by atoms with Crippen LogP contribution in [0.25, 0.3) is 0 Å². The number of hydrogen-bond donors (Lipinski definition) is 1. The van der Waals surface area contributed by atoms with Gasteiger partial charge in [-0.2, -0.15) is 17.5 Å². The highest BCUT2D eigenvalue weighted by molar-refractivity contribution is 7.89. The van der Waals surface area contributed by atoms with Crippen LogP contribution in [-0.2, 0) is 16.2 Å². The topological polar surface area (TPSA) is 60.9 Å². The number of aliphatic hydroxyl groups is 1. The molecule has 0 atom stereocenters. The standard InChI is InChI=1S/C21H29F3N2O3S/c1-3-26(15-16-27)14-4-5-17-6-10-19(11-7-17)25(2)30(28,29)20-12-8-18(9-13-20)21(22,23)24/h8-9,12-13,17,19,27H,3,6-7,10-11,14-16H2,1-2H3/t17-,19-. The Labute approximate surface area is 176 Å². The third-order valence-electron chi connectivity index (χ3n) is 5.54. The van der Waals surface area contributed by atoms with Crippen LogP contribution in [0.5, 0.6) is 0 Å². The van der Waals surface area contributed by atoms with Gasteiger partial charge in [0.1, 0.15) is 0 Å². The number of rotatable bonds is 7. The van der Waals surface area contributed by atoms with Gasteiger partial charge in [0.15, 0.2) is 0 Å². The van der Waals surface area contributed by atoms with E-state index in [1.807, 2.05) is 11.8 Å². The van der Waals surface area contributed by atoms with E-state index in [0.717, 1.165) is 43.7 Å². The van der Waals surface area contributed by atoms with Crippen molar-refractivity contribution in [2.45, 2.75) is 49.7 Å². The van der Waals surface area contributed by atoms with Crippen LogP contribution in [-0.4, -0.2) is 62.1 Å². The summed E-state index contributed by atoms with van der Waals surface area (Å²) in [6.07, 6.45) is -1.64. The summed E-state index contributed by atoms with van der Waals surface area (Å²) in [5, 5.41) is 9.00. The Morgan fingerprint density at radius 3 is 2.23 bits per heavy atom. The van der Waals surface area contributed by atoms with Gasteiger partial charge in [-0.1, -0.05) is 18.8 Å². The Kier molecular flexibility index (Phi) is 8.73. The minimum Gasteiger partial charge on any atom is -0.395 e. The molecule has 9 heteroatoms. The highest BCUT2D eigenvalue weighted by Crippen LogP contribution is 2.32. The van der Waals surface area contributed by atoms with Gasteiger partial charge in [0, 0.05) is 25.6 Å². The first-order chi connectivity index (χ1) is 14.1. The van der Waals surface area contributed by atoms with E-state index in [4.69, 9.17) is 5.11 Å². The lowest BCUT2D eigenvalue weighted by atomic mass is 9.86. The molecule has 1 fully saturated rings. The molecule has 0 unspecified atom stereocenters. The van der Waals surface area contributed by atoms with Crippen molar-refractivity contribution in [1.29, 1.82) is 0 Å². The number of hydrogen-bond acceptors (Lipinski definition) is 4. The molecule has 5 nitrogen and oxygen atoms in total. The predicted octanol–water partition coefficient (Wildman–Crippen LogP) is 3.20. The molecule has 0 radical (unpaired) electrons. The SMILES string of the molecule is CCN(CC#C[C@H]1CC[C@H](N(C)S(=O)(=O)c2ccc(C(F)(F)F)cc2)CC1)CCO. The normalized spacial score (nSPS) is 20.3. The van der Waals surface area contributed by atoms with E-state index >= 15 is 0 Å². The fourth-order valence-electron chi connectivity index (χ4n) is 3.55. The molecular weight excluding hydrogens is 417 g/mol. The van der Waals surface area contributed by atoms with Crippen molar-refractivity contribution < 1.29 is 26.7 Å². The van der Waals surface area contributed by atoms with Gasteiger partial charge in [0.25, 0.3) is 0 Å². The van der Waals surface area contributed by atoms with Crippen molar-refractivity contribution in [3.63, 3.8) is 0 Å². The first-order valence-corrected chi connectivity index (χ1v) is 11.5. The van der Waals surface area contributed by atoms with Gasteiger partial charge < -0.3 is 5.11 Å². The lowest BCUT2D eigenvalue weighted by Crippen LogP contribution is -2.39. The minimum atomic E-state index is -4.50. The molecule has 1 aliphatic rings.